The van der Waals surface area contributed by atoms with Gasteiger partial charge in [0.1, 0.15) is 24.3 Å². The lowest BCUT2D eigenvalue weighted by atomic mass is 9.77. The zero-order valence-electron chi connectivity index (χ0n) is 25.0. The molecule has 2 aliphatic carbocycles. The van der Waals surface area contributed by atoms with Gasteiger partial charge in [-0.05, 0) is 54.1 Å². The summed E-state index contributed by atoms with van der Waals surface area (Å²) in [5.41, 5.74) is -2.52. The molecule has 15 heteroatoms. The lowest BCUT2D eigenvalue weighted by Gasteiger charge is -2.38. The molecule has 4 amide bonds. The van der Waals surface area contributed by atoms with Crippen molar-refractivity contribution in [3.05, 3.63) is 18.3 Å². The molecule has 0 radical (unpaired) electrons. The number of nitrogens with zero attached hydrogens (tertiary/aromatic N) is 4. The fraction of sp³-hybridized carbons (Fsp3) is 0.667. The summed E-state index contributed by atoms with van der Waals surface area (Å²) in [5.74, 6) is -2.57. The number of fused-ring (bicyclic) bond motifs is 6. The van der Waals surface area contributed by atoms with Gasteiger partial charge in [0, 0.05) is 19.2 Å². The highest BCUT2D eigenvalue weighted by Gasteiger charge is 2.65. The quantitative estimate of drug-likeness (QED) is 0.502. The lowest BCUT2D eigenvalue weighted by Crippen LogP contribution is -2.60. The van der Waals surface area contributed by atoms with Gasteiger partial charge in [-0.25, -0.2) is 22.9 Å². The number of likely N-dealkylation sites (tertiary alicyclic amines) is 2. The summed E-state index contributed by atoms with van der Waals surface area (Å²) in [6, 6.07) is 1.79. The van der Waals surface area contributed by atoms with Crippen LogP contribution in [0.25, 0.3) is 0 Å². The van der Waals surface area contributed by atoms with Gasteiger partial charge in [0.15, 0.2) is 18.2 Å². The molecule has 6 rings (SSSR count). The molecule has 1 spiro atoms. The van der Waals surface area contributed by atoms with E-state index in [4.69, 9.17) is 4.74 Å². The van der Waals surface area contributed by atoms with E-state index < -0.39 is 84.0 Å². The van der Waals surface area contributed by atoms with Crippen LogP contribution in [0.2, 0.25) is 0 Å². The van der Waals surface area contributed by atoms with E-state index in [9.17, 15) is 33.2 Å². The summed E-state index contributed by atoms with van der Waals surface area (Å²) in [7, 11) is 0. The maximum absolute atomic E-state index is 15.2. The Morgan fingerprint density at radius 3 is 2.71 bits per heavy atom. The number of alkyl halides is 3. The zero-order chi connectivity index (χ0) is 32.4. The third kappa shape index (κ3) is 5.21. The number of rotatable bonds is 5. The first-order valence-corrected chi connectivity index (χ1v) is 15.1. The smallest absolute Gasteiger partial charge is 0.408 e. The van der Waals surface area contributed by atoms with Gasteiger partial charge in [-0.1, -0.05) is 20.8 Å². The third-order valence-electron chi connectivity index (χ3n) is 10.0. The molecule has 1 aromatic rings. The van der Waals surface area contributed by atoms with Crippen molar-refractivity contribution in [3.8, 4) is 11.8 Å². The van der Waals surface area contributed by atoms with Crippen molar-refractivity contribution in [1.82, 2.24) is 20.1 Å². The van der Waals surface area contributed by atoms with Crippen molar-refractivity contribution >= 4 is 29.6 Å². The van der Waals surface area contributed by atoms with Crippen LogP contribution in [0.15, 0.2) is 18.3 Å². The van der Waals surface area contributed by atoms with E-state index in [1.165, 1.54) is 16.0 Å². The summed E-state index contributed by atoms with van der Waals surface area (Å²) < 4.78 is 51.2. The maximum Gasteiger partial charge on any atom is 0.408 e. The molecule has 12 nitrogen and oxygen atoms in total. The maximum atomic E-state index is 15.2. The molecular formula is C30H35F3N6O6. The second kappa shape index (κ2) is 11.1. The zero-order valence-corrected chi connectivity index (χ0v) is 25.0. The summed E-state index contributed by atoms with van der Waals surface area (Å²) in [4.78, 5) is 61.2. The first-order chi connectivity index (χ1) is 21.2. The van der Waals surface area contributed by atoms with Crippen molar-refractivity contribution in [1.29, 1.82) is 5.26 Å². The molecule has 4 heterocycles. The molecule has 0 unspecified atom stereocenters. The van der Waals surface area contributed by atoms with Gasteiger partial charge in [0.25, 0.3) is 12.3 Å². The molecule has 45 heavy (non-hydrogen) atoms. The average Bonchev–Trinajstić information content (AvgIpc) is 3.73. The van der Waals surface area contributed by atoms with Crippen LogP contribution in [-0.4, -0.2) is 94.6 Å². The Kier molecular flexibility index (Phi) is 7.60. The van der Waals surface area contributed by atoms with Crippen molar-refractivity contribution < 1.29 is 41.8 Å². The Morgan fingerprint density at radius 1 is 1.27 bits per heavy atom. The highest BCUT2D eigenvalue weighted by atomic mass is 19.3. The van der Waals surface area contributed by atoms with E-state index in [0.29, 0.717) is 12.8 Å². The minimum Gasteiger partial charge on any atom is -0.472 e. The largest absolute Gasteiger partial charge is 0.472 e. The van der Waals surface area contributed by atoms with Gasteiger partial charge in [-0.15, -0.1) is 0 Å². The predicted octanol–water partition coefficient (Wildman–Crippen LogP) is 2.50. The Hall–Kier alpha value is -4.09. The van der Waals surface area contributed by atoms with Gasteiger partial charge in [0.2, 0.25) is 17.4 Å². The second-order valence-corrected chi connectivity index (χ2v) is 13.7. The lowest BCUT2D eigenvalue weighted by molar-refractivity contribution is -0.149. The van der Waals surface area contributed by atoms with Gasteiger partial charge in [-0.3, -0.25) is 14.4 Å². The molecule has 2 saturated heterocycles. The van der Waals surface area contributed by atoms with Crippen LogP contribution in [0.1, 0.15) is 40.0 Å². The number of nitriles is 1. The first-order valence-electron chi connectivity index (χ1n) is 15.1. The summed E-state index contributed by atoms with van der Waals surface area (Å²) in [6.07, 6.45) is -3.03. The number of amides is 4. The minimum atomic E-state index is -2.90. The SMILES string of the molecule is CC(C)(C)[C@H](NC(=O)OCC(F)F)C(=O)N1C[C@@H]2[C@H]3C[C@@H]([C@@H]2[C@H]1C(=O)N1C[C@@]2(C[C@H]1C#N)Oc1cccnc1NC2=O)[C@H](F)C3. The number of nitrogens with one attached hydrogen (secondary N) is 2. The van der Waals surface area contributed by atoms with E-state index in [1.807, 2.05) is 0 Å². The number of aromatic nitrogens is 1. The van der Waals surface area contributed by atoms with Crippen LogP contribution in [0.4, 0.5) is 23.8 Å². The van der Waals surface area contributed by atoms with Crippen molar-refractivity contribution in [2.45, 2.75) is 76.4 Å². The van der Waals surface area contributed by atoms with Crippen LogP contribution in [0, 0.1) is 40.4 Å². The third-order valence-corrected chi connectivity index (χ3v) is 10.0. The van der Waals surface area contributed by atoms with E-state index in [2.05, 4.69) is 26.4 Å². The predicted molar refractivity (Wildman–Crippen MR) is 149 cm³/mol. The van der Waals surface area contributed by atoms with E-state index in [-0.39, 0.29) is 42.9 Å². The highest BCUT2D eigenvalue weighted by molar-refractivity contribution is 6.01. The van der Waals surface area contributed by atoms with Crippen LogP contribution < -0.4 is 15.4 Å². The van der Waals surface area contributed by atoms with Crippen molar-refractivity contribution in [2.75, 3.05) is 25.0 Å². The molecule has 2 saturated carbocycles. The van der Waals surface area contributed by atoms with E-state index >= 15 is 4.39 Å². The normalized spacial score (nSPS) is 33.7. The fourth-order valence-electron chi connectivity index (χ4n) is 8.04. The monoisotopic (exact) mass is 632 g/mol. The van der Waals surface area contributed by atoms with Gasteiger partial charge >= 0.3 is 6.09 Å². The summed E-state index contributed by atoms with van der Waals surface area (Å²) >= 11 is 0. The van der Waals surface area contributed by atoms with Gasteiger partial charge in [0.05, 0.1) is 12.6 Å². The number of alkyl carbamates (subject to hydrolysis) is 1. The second-order valence-electron chi connectivity index (χ2n) is 13.7. The van der Waals surface area contributed by atoms with Crippen LogP contribution in [0.5, 0.6) is 5.75 Å². The summed E-state index contributed by atoms with van der Waals surface area (Å²) in [6.45, 7) is 3.68. The Morgan fingerprint density at radius 2 is 2.02 bits per heavy atom. The number of pyridine rings is 1. The molecule has 2 N–H and O–H groups in total. The number of carbonyl (C=O) groups is 4. The standard InChI is InChI=1S/C30H35F3N6O6/c1-29(2,3)23(36-28(43)44-12-20(32)33)26(41)38-11-17-14-7-16(18(31)8-14)21(17)22(38)25(40)39-13-30(9-15(39)10-34)27(42)37-24-19(45-30)5-4-6-35-24/h4-6,14-18,20-23H,7-9,11-13H2,1-3H3,(H,36,43)(H,35,37,42)/t14-,15-,16+,17+,18+,21-,22-,23+,30+/m0/s1. The first kappa shape index (κ1) is 30.9. The number of carbonyl (C=O) groups excluding carboxylic acids is 4. The molecule has 2 bridgehead atoms. The van der Waals surface area contributed by atoms with Crippen LogP contribution in [0.3, 0.4) is 0 Å². The van der Waals surface area contributed by atoms with E-state index in [0.717, 1.165) is 0 Å². The molecule has 3 aliphatic heterocycles. The Labute approximate surface area is 257 Å². The number of hydrogen-bond donors (Lipinski definition) is 2. The number of anilines is 1. The fourth-order valence-corrected chi connectivity index (χ4v) is 8.04. The van der Waals surface area contributed by atoms with Crippen molar-refractivity contribution in [3.63, 3.8) is 0 Å². The van der Waals surface area contributed by atoms with Gasteiger partial charge in [-0.2, -0.15) is 5.26 Å². The van der Waals surface area contributed by atoms with Gasteiger partial charge < -0.3 is 29.9 Å². The molecular weight excluding hydrogens is 597 g/mol. The van der Waals surface area contributed by atoms with Crippen molar-refractivity contribution in [2.24, 2.45) is 29.1 Å². The molecule has 242 valence electrons. The average molecular weight is 633 g/mol. The minimum absolute atomic E-state index is 0.0479. The van der Waals surface area contributed by atoms with Crippen LogP contribution in [-0.2, 0) is 19.1 Å². The Bertz CT molecular complexity index is 1450. The highest BCUT2D eigenvalue weighted by Crippen LogP contribution is 2.59. The molecule has 5 aliphatic rings. The molecule has 9 atom stereocenters. The van der Waals surface area contributed by atoms with Crippen LogP contribution >= 0.6 is 0 Å². The Balaban J connectivity index is 1.31. The number of ether oxygens (including phenoxy) is 2. The summed E-state index contributed by atoms with van der Waals surface area (Å²) in [5, 5.41) is 15.2. The topological polar surface area (TPSA) is 154 Å². The van der Waals surface area contributed by atoms with E-state index in [1.54, 1.807) is 32.9 Å². The number of hydrogen-bond acceptors (Lipinski definition) is 8. The molecule has 4 fully saturated rings. The molecule has 0 aromatic carbocycles. The molecule has 1 aromatic heterocycles. The number of halogens is 3.